The zero-order valence-corrected chi connectivity index (χ0v) is 13.3. The van der Waals surface area contributed by atoms with Gasteiger partial charge in [0.05, 0.1) is 6.54 Å². The summed E-state index contributed by atoms with van der Waals surface area (Å²) in [5.41, 5.74) is -0.550. The highest BCUT2D eigenvalue weighted by Crippen LogP contribution is 2.35. The number of likely N-dealkylation sites (tertiary alicyclic amines) is 1. The normalized spacial score (nSPS) is 23.4. The zero-order chi connectivity index (χ0) is 15.6. The second-order valence-corrected chi connectivity index (χ2v) is 7.09. The summed E-state index contributed by atoms with van der Waals surface area (Å²) < 4.78 is 0. The number of hydrogen-bond acceptors (Lipinski definition) is 3. The van der Waals surface area contributed by atoms with Gasteiger partial charge in [-0.2, -0.15) is 0 Å². The van der Waals surface area contributed by atoms with Crippen molar-refractivity contribution in [3.63, 3.8) is 0 Å². The van der Waals surface area contributed by atoms with Crippen molar-refractivity contribution in [2.24, 2.45) is 5.41 Å². The molecule has 5 heteroatoms. The standard InChI is InChI=1S/C15H28N2O3/c1-6-15(4,5)16-11(18)10-17-9-7-8-14(2,3)12(17)13(19)20/h12H,6-10H2,1-5H3,(H,16,18)(H,19,20). The number of nitrogens with zero attached hydrogens (tertiary/aromatic N) is 1. The molecule has 1 unspecified atom stereocenters. The van der Waals surface area contributed by atoms with E-state index in [2.05, 4.69) is 5.32 Å². The van der Waals surface area contributed by atoms with Crippen LogP contribution in [0.25, 0.3) is 0 Å². The Morgan fingerprint density at radius 3 is 2.50 bits per heavy atom. The first-order chi connectivity index (χ1) is 9.09. The summed E-state index contributed by atoms with van der Waals surface area (Å²) in [6.45, 7) is 10.7. The van der Waals surface area contributed by atoms with Crippen molar-refractivity contribution >= 4 is 11.9 Å². The molecule has 1 saturated heterocycles. The summed E-state index contributed by atoms with van der Waals surface area (Å²) in [4.78, 5) is 25.4. The van der Waals surface area contributed by atoms with Gasteiger partial charge in [-0.25, -0.2) is 0 Å². The topological polar surface area (TPSA) is 69.6 Å². The number of piperidine rings is 1. The molecule has 1 fully saturated rings. The van der Waals surface area contributed by atoms with Crippen molar-refractivity contribution in [3.8, 4) is 0 Å². The van der Waals surface area contributed by atoms with Crippen LogP contribution < -0.4 is 5.32 Å². The van der Waals surface area contributed by atoms with Gasteiger partial charge in [0.1, 0.15) is 6.04 Å². The molecule has 2 N–H and O–H groups in total. The van der Waals surface area contributed by atoms with Crippen molar-refractivity contribution < 1.29 is 14.7 Å². The van der Waals surface area contributed by atoms with Crippen LogP contribution in [0.1, 0.15) is 53.9 Å². The van der Waals surface area contributed by atoms with E-state index in [1.54, 1.807) is 4.90 Å². The molecule has 5 nitrogen and oxygen atoms in total. The fourth-order valence-electron chi connectivity index (χ4n) is 2.85. The SMILES string of the molecule is CCC(C)(C)NC(=O)CN1CCCC(C)(C)C1C(=O)O. The summed E-state index contributed by atoms with van der Waals surface area (Å²) in [5, 5.41) is 12.4. The predicted octanol–water partition coefficient (Wildman–Crippen LogP) is 1.87. The Labute approximate surface area is 121 Å². The minimum Gasteiger partial charge on any atom is -0.480 e. The highest BCUT2D eigenvalue weighted by molar-refractivity contribution is 5.81. The second-order valence-electron chi connectivity index (χ2n) is 7.09. The lowest BCUT2D eigenvalue weighted by atomic mass is 9.76. The number of nitrogens with one attached hydrogen (secondary N) is 1. The minimum atomic E-state index is -0.836. The van der Waals surface area contributed by atoms with Crippen molar-refractivity contribution in [1.82, 2.24) is 10.2 Å². The van der Waals surface area contributed by atoms with Crippen LogP contribution in [0.4, 0.5) is 0 Å². The molecule has 1 amide bonds. The molecule has 20 heavy (non-hydrogen) atoms. The van der Waals surface area contributed by atoms with Gasteiger partial charge in [0, 0.05) is 5.54 Å². The lowest BCUT2D eigenvalue weighted by Crippen LogP contribution is -2.57. The van der Waals surface area contributed by atoms with E-state index in [4.69, 9.17) is 0 Å². The third-order valence-electron chi connectivity index (χ3n) is 4.31. The van der Waals surface area contributed by atoms with Crippen LogP contribution in [0, 0.1) is 5.41 Å². The maximum Gasteiger partial charge on any atom is 0.321 e. The van der Waals surface area contributed by atoms with Crippen LogP contribution in [0.3, 0.4) is 0 Å². The molecule has 1 atom stereocenters. The maximum absolute atomic E-state index is 12.1. The molecule has 116 valence electrons. The number of rotatable bonds is 5. The first-order valence-electron chi connectivity index (χ1n) is 7.37. The van der Waals surface area contributed by atoms with Gasteiger partial charge in [-0.15, -0.1) is 0 Å². The number of hydrogen-bond donors (Lipinski definition) is 2. The third-order valence-corrected chi connectivity index (χ3v) is 4.31. The lowest BCUT2D eigenvalue weighted by Gasteiger charge is -2.43. The fourth-order valence-corrected chi connectivity index (χ4v) is 2.85. The van der Waals surface area contributed by atoms with E-state index in [1.807, 2.05) is 34.6 Å². The maximum atomic E-state index is 12.1. The largest absolute Gasteiger partial charge is 0.480 e. The van der Waals surface area contributed by atoms with Gasteiger partial charge in [0.25, 0.3) is 0 Å². The van der Waals surface area contributed by atoms with E-state index < -0.39 is 12.0 Å². The van der Waals surface area contributed by atoms with Crippen LogP contribution in [0.2, 0.25) is 0 Å². The smallest absolute Gasteiger partial charge is 0.321 e. The van der Waals surface area contributed by atoms with Crippen molar-refractivity contribution in [2.75, 3.05) is 13.1 Å². The molecule has 0 aromatic heterocycles. The summed E-state index contributed by atoms with van der Waals surface area (Å²) in [5.74, 6) is -0.932. The van der Waals surface area contributed by atoms with Gasteiger partial charge in [0.2, 0.25) is 5.91 Å². The Bertz CT molecular complexity index is 377. The summed E-state index contributed by atoms with van der Waals surface area (Å²) in [6, 6.07) is -0.591. The molecule has 0 saturated carbocycles. The molecule has 0 aromatic rings. The van der Waals surface area contributed by atoms with Crippen molar-refractivity contribution in [2.45, 2.75) is 65.5 Å². The van der Waals surface area contributed by atoms with Crippen LogP contribution in [-0.4, -0.2) is 46.6 Å². The monoisotopic (exact) mass is 284 g/mol. The summed E-state index contributed by atoms with van der Waals surface area (Å²) >= 11 is 0. The van der Waals surface area contributed by atoms with Crippen molar-refractivity contribution in [1.29, 1.82) is 0 Å². The highest BCUT2D eigenvalue weighted by atomic mass is 16.4. The number of carboxylic acids is 1. The fraction of sp³-hybridized carbons (Fsp3) is 0.867. The van der Waals surface area contributed by atoms with E-state index in [9.17, 15) is 14.7 Å². The van der Waals surface area contributed by atoms with Crippen molar-refractivity contribution in [3.05, 3.63) is 0 Å². The molecule has 0 aliphatic carbocycles. The average molecular weight is 284 g/mol. The molecule has 0 spiro atoms. The first-order valence-corrected chi connectivity index (χ1v) is 7.37. The lowest BCUT2D eigenvalue weighted by molar-refractivity contribution is -0.151. The Morgan fingerprint density at radius 2 is 2.00 bits per heavy atom. The Morgan fingerprint density at radius 1 is 1.40 bits per heavy atom. The third kappa shape index (κ3) is 4.20. The molecular formula is C15H28N2O3. The highest BCUT2D eigenvalue weighted by Gasteiger charge is 2.43. The average Bonchev–Trinajstić information content (AvgIpc) is 2.26. The van der Waals surface area contributed by atoms with Crippen LogP contribution in [-0.2, 0) is 9.59 Å². The van der Waals surface area contributed by atoms with Crippen LogP contribution in [0.15, 0.2) is 0 Å². The molecule has 0 radical (unpaired) electrons. The molecule has 0 bridgehead atoms. The minimum absolute atomic E-state index is 0.0965. The van der Waals surface area contributed by atoms with E-state index in [-0.39, 0.29) is 23.4 Å². The quantitative estimate of drug-likeness (QED) is 0.808. The molecule has 1 rings (SSSR count). The molecule has 1 aliphatic rings. The number of carbonyl (C=O) groups is 2. The molecular weight excluding hydrogens is 256 g/mol. The Balaban J connectivity index is 2.74. The number of carbonyl (C=O) groups excluding carboxylic acids is 1. The molecule has 1 heterocycles. The van der Waals surface area contributed by atoms with Gasteiger partial charge >= 0.3 is 5.97 Å². The van der Waals surface area contributed by atoms with Gasteiger partial charge in [-0.05, 0) is 45.1 Å². The van der Waals surface area contributed by atoms with Gasteiger partial charge < -0.3 is 10.4 Å². The van der Waals surface area contributed by atoms with E-state index in [1.165, 1.54) is 0 Å². The van der Waals surface area contributed by atoms with E-state index in [0.717, 1.165) is 19.3 Å². The summed E-state index contributed by atoms with van der Waals surface area (Å²) in [6.07, 6.45) is 2.65. The first kappa shape index (κ1) is 17.0. The van der Waals surface area contributed by atoms with E-state index in [0.29, 0.717) is 6.54 Å². The Kier molecular flexibility index (Phi) is 5.19. The molecule has 1 aliphatic heterocycles. The predicted molar refractivity (Wildman–Crippen MR) is 78.5 cm³/mol. The van der Waals surface area contributed by atoms with Gasteiger partial charge in [-0.1, -0.05) is 20.8 Å². The van der Waals surface area contributed by atoms with Gasteiger partial charge in [-0.3, -0.25) is 14.5 Å². The summed E-state index contributed by atoms with van der Waals surface area (Å²) in [7, 11) is 0. The van der Waals surface area contributed by atoms with Crippen LogP contribution >= 0.6 is 0 Å². The number of aliphatic carboxylic acids is 1. The van der Waals surface area contributed by atoms with E-state index >= 15 is 0 Å². The Hall–Kier alpha value is -1.10. The second kappa shape index (κ2) is 6.12. The zero-order valence-electron chi connectivity index (χ0n) is 13.3. The molecule has 0 aromatic carbocycles. The van der Waals surface area contributed by atoms with Crippen LogP contribution in [0.5, 0.6) is 0 Å². The van der Waals surface area contributed by atoms with Gasteiger partial charge in [0.15, 0.2) is 0 Å². The number of carboxylic acid groups (broad SMARTS) is 1. The number of amides is 1.